The highest BCUT2D eigenvalue weighted by atomic mass is 16.5. The summed E-state index contributed by atoms with van der Waals surface area (Å²) in [5.41, 5.74) is 2.32. The Morgan fingerprint density at radius 1 is 1.33 bits per heavy atom. The number of hydrogen-bond acceptors (Lipinski definition) is 4. The van der Waals surface area contributed by atoms with Gasteiger partial charge in [0.25, 0.3) is 0 Å². The molecule has 1 aliphatic carbocycles. The van der Waals surface area contributed by atoms with Gasteiger partial charge >= 0.3 is 0 Å². The molecule has 128 valence electrons. The third-order valence-electron chi connectivity index (χ3n) is 6.41. The number of hydrogen-bond donors (Lipinski definition) is 0. The zero-order valence-electron chi connectivity index (χ0n) is 14.3. The van der Waals surface area contributed by atoms with Crippen LogP contribution >= 0.6 is 0 Å². The summed E-state index contributed by atoms with van der Waals surface area (Å²) < 4.78 is 12.4. The molecule has 4 nitrogen and oxygen atoms in total. The second-order valence-electron chi connectivity index (χ2n) is 8.04. The van der Waals surface area contributed by atoms with Gasteiger partial charge in [0.15, 0.2) is 11.9 Å². The van der Waals surface area contributed by atoms with E-state index in [0.717, 1.165) is 37.6 Å². The molecule has 1 aromatic carbocycles. The van der Waals surface area contributed by atoms with E-state index in [9.17, 15) is 4.79 Å². The van der Waals surface area contributed by atoms with Crippen LogP contribution in [-0.4, -0.2) is 42.7 Å². The topological polar surface area (TPSA) is 38.8 Å². The predicted molar refractivity (Wildman–Crippen MR) is 90.2 cm³/mol. The molecule has 24 heavy (non-hydrogen) atoms. The standard InChI is InChI=1S/C20H25NO3/c1-13-3-2-4-16-18(13)20-8-9-21(12-14-5-6-14)17(11-20)23-10-7-15(22)19(20)24-16/h2-4,14,17,19H,5-12H2,1H3/t17-,19-,20?/m0/s1. The fourth-order valence-corrected chi connectivity index (χ4v) is 5.05. The summed E-state index contributed by atoms with van der Waals surface area (Å²) in [5.74, 6) is 1.99. The van der Waals surface area contributed by atoms with E-state index in [1.807, 2.05) is 12.1 Å². The highest BCUT2D eigenvalue weighted by Gasteiger charge is 2.57. The zero-order valence-corrected chi connectivity index (χ0v) is 14.3. The maximum absolute atomic E-state index is 12.8. The van der Waals surface area contributed by atoms with Gasteiger partial charge in [0, 0.05) is 36.9 Å². The third-order valence-corrected chi connectivity index (χ3v) is 6.41. The Kier molecular flexibility index (Phi) is 3.29. The van der Waals surface area contributed by atoms with Gasteiger partial charge in [0.05, 0.1) is 6.61 Å². The van der Waals surface area contributed by atoms with Crippen molar-refractivity contribution in [2.24, 2.45) is 5.92 Å². The second-order valence-corrected chi connectivity index (χ2v) is 8.04. The van der Waals surface area contributed by atoms with Crippen LogP contribution in [0.5, 0.6) is 5.75 Å². The van der Waals surface area contributed by atoms with E-state index < -0.39 is 0 Å². The van der Waals surface area contributed by atoms with Crippen LogP contribution < -0.4 is 4.74 Å². The number of likely N-dealkylation sites (tertiary alicyclic amines) is 1. The van der Waals surface area contributed by atoms with Gasteiger partial charge in [-0.1, -0.05) is 12.1 Å². The minimum absolute atomic E-state index is 0.129. The van der Waals surface area contributed by atoms with E-state index in [0.29, 0.717) is 13.0 Å². The van der Waals surface area contributed by atoms with Gasteiger partial charge in [-0.05, 0) is 43.7 Å². The van der Waals surface area contributed by atoms with Crippen LogP contribution in [0.25, 0.3) is 0 Å². The number of carbonyl (C=O) groups is 1. The van der Waals surface area contributed by atoms with Crippen LogP contribution in [0.1, 0.15) is 43.2 Å². The predicted octanol–water partition coefficient (Wildman–Crippen LogP) is 2.82. The largest absolute Gasteiger partial charge is 0.481 e. The van der Waals surface area contributed by atoms with Gasteiger partial charge in [-0.3, -0.25) is 9.69 Å². The van der Waals surface area contributed by atoms with Gasteiger partial charge in [-0.15, -0.1) is 0 Å². The van der Waals surface area contributed by atoms with Crippen molar-refractivity contribution in [3.63, 3.8) is 0 Å². The van der Waals surface area contributed by atoms with Gasteiger partial charge in [-0.2, -0.15) is 0 Å². The number of Topliss-reactive ketones (excluding diaryl/α,β-unsaturated/α-hetero) is 1. The number of aryl methyl sites for hydroxylation is 1. The number of nitrogens with zero attached hydrogens (tertiary/aromatic N) is 1. The molecule has 4 aliphatic rings. The van der Waals surface area contributed by atoms with Crippen molar-refractivity contribution < 1.29 is 14.3 Å². The molecule has 2 bridgehead atoms. The fraction of sp³-hybridized carbons (Fsp3) is 0.650. The smallest absolute Gasteiger partial charge is 0.176 e. The van der Waals surface area contributed by atoms with Gasteiger partial charge in [0.1, 0.15) is 12.0 Å². The second kappa shape index (κ2) is 5.30. The minimum atomic E-state index is -0.317. The van der Waals surface area contributed by atoms with E-state index in [-0.39, 0.29) is 23.5 Å². The van der Waals surface area contributed by atoms with Gasteiger partial charge in [-0.25, -0.2) is 0 Å². The molecule has 0 aromatic heterocycles. The van der Waals surface area contributed by atoms with Crippen LogP contribution in [0.3, 0.4) is 0 Å². The van der Waals surface area contributed by atoms with Crippen molar-refractivity contribution in [2.45, 2.75) is 56.8 Å². The molecular weight excluding hydrogens is 302 g/mol. The fourth-order valence-electron chi connectivity index (χ4n) is 5.05. The quantitative estimate of drug-likeness (QED) is 0.837. The highest BCUT2D eigenvalue weighted by Crippen LogP contribution is 2.53. The Balaban J connectivity index is 1.55. The third kappa shape index (κ3) is 2.16. The number of rotatable bonds is 2. The Morgan fingerprint density at radius 3 is 3.04 bits per heavy atom. The average molecular weight is 327 g/mol. The van der Waals surface area contributed by atoms with Gasteiger partial charge in [0.2, 0.25) is 0 Å². The van der Waals surface area contributed by atoms with Crippen LogP contribution in [0.2, 0.25) is 0 Å². The lowest BCUT2D eigenvalue weighted by atomic mass is 9.66. The highest BCUT2D eigenvalue weighted by molar-refractivity contribution is 5.87. The molecule has 0 N–H and O–H groups in total. The summed E-state index contributed by atoms with van der Waals surface area (Å²) >= 11 is 0. The van der Waals surface area contributed by atoms with Crippen LogP contribution in [-0.2, 0) is 14.9 Å². The zero-order chi connectivity index (χ0) is 16.3. The molecular formula is C20H25NO3. The average Bonchev–Trinajstić information content (AvgIpc) is 3.32. The van der Waals surface area contributed by atoms with E-state index in [4.69, 9.17) is 9.47 Å². The Morgan fingerprint density at radius 2 is 2.21 bits per heavy atom. The molecule has 0 radical (unpaired) electrons. The molecule has 3 fully saturated rings. The van der Waals surface area contributed by atoms with E-state index in [1.54, 1.807) is 0 Å². The number of fused-ring (bicyclic) bond motifs is 2. The lowest BCUT2D eigenvalue weighted by Gasteiger charge is -2.47. The summed E-state index contributed by atoms with van der Waals surface area (Å²) in [5, 5.41) is 0. The maximum Gasteiger partial charge on any atom is 0.176 e. The molecule has 5 rings (SSSR count). The molecule has 3 aliphatic heterocycles. The summed E-state index contributed by atoms with van der Waals surface area (Å²) in [6, 6.07) is 6.21. The molecule has 0 amide bonds. The Hall–Kier alpha value is -1.39. The van der Waals surface area contributed by atoms with Gasteiger partial charge < -0.3 is 9.47 Å². The van der Waals surface area contributed by atoms with E-state index in [1.165, 1.54) is 24.0 Å². The summed E-state index contributed by atoms with van der Waals surface area (Å²) in [4.78, 5) is 15.3. The van der Waals surface area contributed by atoms with Crippen LogP contribution in [0, 0.1) is 12.8 Å². The SMILES string of the molecule is Cc1cccc2c1C13CCN(CC4CC4)[C@H](C1)OCCC(=O)[C@@H]3O2. The minimum Gasteiger partial charge on any atom is -0.481 e. The monoisotopic (exact) mass is 327 g/mol. The van der Waals surface area contributed by atoms with Crippen molar-refractivity contribution in [3.05, 3.63) is 29.3 Å². The normalized spacial score (nSPS) is 35.6. The first-order chi connectivity index (χ1) is 11.7. The molecule has 3 heterocycles. The van der Waals surface area contributed by atoms with Crippen molar-refractivity contribution in [3.8, 4) is 5.75 Å². The first-order valence-corrected chi connectivity index (χ1v) is 9.32. The summed E-state index contributed by atoms with van der Waals surface area (Å²) in [6.07, 6.45) is 4.88. The molecule has 4 heteroatoms. The lowest BCUT2D eigenvalue weighted by Crippen LogP contribution is -2.57. The molecule has 1 saturated carbocycles. The molecule has 1 aromatic rings. The number of ketones is 1. The number of benzene rings is 1. The number of carbonyl (C=O) groups excluding carboxylic acids is 1. The first kappa shape index (κ1) is 14.9. The molecule has 3 atom stereocenters. The number of ether oxygens (including phenoxy) is 2. The summed E-state index contributed by atoms with van der Waals surface area (Å²) in [6.45, 7) is 4.83. The van der Waals surface area contributed by atoms with Crippen molar-refractivity contribution in [1.82, 2.24) is 4.90 Å². The lowest BCUT2D eigenvalue weighted by molar-refractivity contribution is -0.149. The van der Waals surface area contributed by atoms with Crippen molar-refractivity contribution >= 4 is 5.78 Å². The van der Waals surface area contributed by atoms with Crippen LogP contribution in [0.15, 0.2) is 18.2 Å². The summed E-state index contributed by atoms with van der Waals surface area (Å²) in [7, 11) is 0. The van der Waals surface area contributed by atoms with Crippen molar-refractivity contribution in [1.29, 1.82) is 0 Å². The number of piperidine rings is 1. The van der Waals surface area contributed by atoms with E-state index >= 15 is 0 Å². The maximum atomic E-state index is 12.8. The van der Waals surface area contributed by atoms with Crippen molar-refractivity contribution in [2.75, 3.05) is 19.7 Å². The molecule has 1 spiro atoms. The molecule has 1 unspecified atom stereocenters. The van der Waals surface area contributed by atoms with E-state index in [2.05, 4.69) is 17.9 Å². The molecule has 2 saturated heterocycles. The van der Waals surface area contributed by atoms with Crippen LogP contribution in [0.4, 0.5) is 0 Å². The first-order valence-electron chi connectivity index (χ1n) is 9.32. The Labute approximate surface area is 143 Å². The Bertz CT molecular complexity index is 683.